The molecule has 4 nitrogen and oxygen atoms in total. The molecule has 84 valence electrons. The number of benzene rings is 1. The summed E-state index contributed by atoms with van der Waals surface area (Å²) in [5, 5.41) is 11.0. The van der Waals surface area contributed by atoms with Crippen LogP contribution in [-0.2, 0) is 0 Å². The molecule has 0 aliphatic carbocycles. The average Bonchev–Trinajstić information content (AvgIpc) is 2.73. The number of hydrogen-bond donors (Lipinski definition) is 1. The van der Waals surface area contributed by atoms with Gasteiger partial charge in [0.15, 0.2) is 0 Å². The number of nitrogens with one attached hydrogen (secondary N) is 1. The van der Waals surface area contributed by atoms with Gasteiger partial charge >= 0.3 is 0 Å². The van der Waals surface area contributed by atoms with E-state index in [1.165, 1.54) is 12.1 Å². The molecule has 0 aliphatic heterocycles. The molecule has 0 saturated carbocycles. The van der Waals surface area contributed by atoms with Gasteiger partial charge in [-0.1, -0.05) is 17.5 Å². The van der Waals surface area contributed by atoms with Gasteiger partial charge in [-0.05, 0) is 24.1 Å². The Kier molecular flexibility index (Phi) is 3.12. The standard InChI is InChI=1S/C12H7ClN2O2/c13-11-7-8-14-12(11)6-3-9-1-4-10(5-2-9)15(16)17/h1-2,4-5,7-8,14H. The van der Waals surface area contributed by atoms with Crippen LogP contribution in [0.4, 0.5) is 5.69 Å². The van der Waals surface area contributed by atoms with Crippen molar-refractivity contribution < 1.29 is 4.92 Å². The predicted molar refractivity (Wildman–Crippen MR) is 64.9 cm³/mol. The van der Waals surface area contributed by atoms with E-state index in [9.17, 15) is 10.1 Å². The Balaban J connectivity index is 2.23. The summed E-state index contributed by atoms with van der Waals surface area (Å²) >= 11 is 5.85. The summed E-state index contributed by atoms with van der Waals surface area (Å²) in [7, 11) is 0. The van der Waals surface area contributed by atoms with Crippen LogP contribution in [0.3, 0.4) is 0 Å². The van der Waals surface area contributed by atoms with Crippen molar-refractivity contribution in [2.45, 2.75) is 0 Å². The van der Waals surface area contributed by atoms with E-state index in [-0.39, 0.29) is 5.69 Å². The fourth-order valence-electron chi connectivity index (χ4n) is 1.25. The van der Waals surface area contributed by atoms with Crippen molar-refractivity contribution in [3.05, 3.63) is 62.9 Å². The Morgan fingerprint density at radius 1 is 1.18 bits per heavy atom. The number of nitro groups is 1. The van der Waals surface area contributed by atoms with E-state index in [4.69, 9.17) is 11.6 Å². The van der Waals surface area contributed by atoms with E-state index in [0.29, 0.717) is 16.3 Å². The van der Waals surface area contributed by atoms with Gasteiger partial charge in [0.05, 0.1) is 9.95 Å². The molecule has 0 spiro atoms. The summed E-state index contributed by atoms with van der Waals surface area (Å²) in [4.78, 5) is 12.9. The molecular weight excluding hydrogens is 240 g/mol. The normalized spacial score (nSPS) is 9.47. The van der Waals surface area contributed by atoms with Gasteiger partial charge in [0.1, 0.15) is 5.69 Å². The summed E-state index contributed by atoms with van der Waals surface area (Å²) in [6, 6.07) is 7.74. The third kappa shape index (κ3) is 2.65. The molecule has 0 unspecified atom stereocenters. The minimum atomic E-state index is -0.445. The number of halogens is 1. The fraction of sp³-hybridized carbons (Fsp3) is 0. The Labute approximate surface area is 102 Å². The summed E-state index contributed by atoms with van der Waals surface area (Å²) < 4.78 is 0. The maximum Gasteiger partial charge on any atom is 0.269 e. The molecule has 1 aromatic carbocycles. The second-order valence-corrected chi connectivity index (χ2v) is 3.66. The molecule has 1 aromatic heterocycles. The molecule has 2 aromatic rings. The first-order valence-electron chi connectivity index (χ1n) is 4.76. The SMILES string of the molecule is O=[N+]([O-])c1ccc(C#Cc2[nH]ccc2Cl)cc1. The highest BCUT2D eigenvalue weighted by molar-refractivity contribution is 6.31. The molecule has 0 saturated heterocycles. The maximum atomic E-state index is 10.4. The number of aromatic nitrogens is 1. The molecule has 1 heterocycles. The second kappa shape index (κ2) is 4.73. The number of nitrogens with zero attached hydrogens (tertiary/aromatic N) is 1. The lowest BCUT2D eigenvalue weighted by Crippen LogP contribution is -1.86. The van der Waals surface area contributed by atoms with Crippen molar-refractivity contribution in [2.24, 2.45) is 0 Å². The van der Waals surface area contributed by atoms with Gasteiger partial charge in [-0.3, -0.25) is 10.1 Å². The van der Waals surface area contributed by atoms with Gasteiger partial charge < -0.3 is 4.98 Å². The summed E-state index contributed by atoms with van der Waals surface area (Å²) in [6.07, 6.45) is 1.70. The second-order valence-electron chi connectivity index (χ2n) is 3.25. The number of nitro benzene ring substituents is 1. The zero-order chi connectivity index (χ0) is 12.3. The highest BCUT2D eigenvalue weighted by Crippen LogP contribution is 2.13. The molecule has 1 N–H and O–H groups in total. The third-order valence-corrected chi connectivity index (χ3v) is 2.42. The van der Waals surface area contributed by atoms with Crippen LogP contribution in [0, 0.1) is 22.0 Å². The zero-order valence-electron chi connectivity index (χ0n) is 8.61. The Hall–Kier alpha value is -2.25. The van der Waals surface area contributed by atoms with E-state index < -0.39 is 4.92 Å². The van der Waals surface area contributed by atoms with Crippen LogP contribution in [0.1, 0.15) is 11.3 Å². The molecule has 0 bridgehead atoms. The first kappa shape index (κ1) is 11.2. The van der Waals surface area contributed by atoms with Crippen LogP contribution < -0.4 is 0 Å². The minimum Gasteiger partial charge on any atom is -0.354 e. The minimum absolute atomic E-state index is 0.0495. The largest absolute Gasteiger partial charge is 0.354 e. The van der Waals surface area contributed by atoms with E-state index in [1.807, 2.05) is 0 Å². The van der Waals surface area contributed by atoms with Gasteiger partial charge in [0, 0.05) is 23.9 Å². The molecular formula is C12H7ClN2O2. The lowest BCUT2D eigenvalue weighted by molar-refractivity contribution is -0.384. The van der Waals surface area contributed by atoms with Crippen LogP contribution in [0.25, 0.3) is 0 Å². The van der Waals surface area contributed by atoms with Crippen molar-refractivity contribution in [1.29, 1.82) is 0 Å². The number of rotatable bonds is 1. The van der Waals surface area contributed by atoms with Crippen LogP contribution in [0.5, 0.6) is 0 Å². The molecule has 2 rings (SSSR count). The van der Waals surface area contributed by atoms with Crippen molar-refractivity contribution in [3.63, 3.8) is 0 Å². The van der Waals surface area contributed by atoms with Gasteiger partial charge in [-0.25, -0.2) is 0 Å². The van der Waals surface area contributed by atoms with Crippen molar-refractivity contribution in [1.82, 2.24) is 4.98 Å². The van der Waals surface area contributed by atoms with Crippen LogP contribution in [0.15, 0.2) is 36.5 Å². The van der Waals surface area contributed by atoms with E-state index >= 15 is 0 Å². The van der Waals surface area contributed by atoms with Gasteiger partial charge in [-0.2, -0.15) is 0 Å². The highest BCUT2D eigenvalue weighted by Gasteiger charge is 2.02. The Morgan fingerprint density at radius 2 is 1.88 bits per heavy atom. The molecule has 0 amide bonds. The summed E-state index contributed by atoms with van der Waals surface area (Å²) in [5.41, 5.74) is 1.37. The Morgan fingerprint density at radius 3 is 2.41 bits per heavy atom. The van der Waals surface area contributed by atoms with Crippen LogP contribution >= 0.6 is 11.6 Å². The van der Waals surface area contributed by atoms with Crippen LogP contribution in [0.2, 0.25) is 5.02 Å². The molecule has 0 atom stereocenters. The van der Waals surface area contributed by atoms with E-state index in [0.717, 1.165) is 0 Å². The molecule has 0 fully saturated rings. The van der Waals surface area contributed by atoms with Crippen LogP contribution in [-0.4, -0.2) is 9.91 Å². The predicted octanol–water partition coefficient (Wildman–Crippen LogP) is 2.98. The van der Waals surface area contributed by atoms with Gasteiger partial charge in [0.25, 0.3) is 5.69 Å². The van der Waals surface area contributed by atoms with Gasteiger partial charge in [-0.15, -0.1) is 0 Å². The number of non-ortho nitro benzene ring substituents is 1. The number of H-pyrrole nitrogens is 1. The first-order valence-corrected chi connectivity index (χ1v) is 5.14. The molecule has 17 heavy (non-hydrogen) atoms. The third-order valence-electron chi connectivity index (χ3n) is 2.11. The summed E-state index contributed by atoms with van der Waals surface area (Å²) in [5.74, 6) is 5.72. The zero-order valence-corrected chi connectivity index (χ0v) is 9.36. The first-order chi connectivity index (χ1) is 8.16. The lowest BCUT2D eigenvalue weighted by Gasteiger charge is -1.91. The highest BCUT2D eigenvalue weighted by atomic mass is 35.5. The summed E-state index contributed by atoms with van der Waals surface area (Å²) in [6.45, 7) is 0. The van der Waals surface area contributed by atoms with Crippen molar-refractivity contribution in [3.8, 4) is 11.8 Å². The average molecular weight is 247 g/mol. The van der Waals surface area contributed by atoms with Crippen molar-refractivity contribution in [2.75, 3.05) is 0 Å². The van der Waals surface area contributed by atoms with Crippen molar-refractivity contribution >= 4 is 17.3 Å². The fourth-order valence-corrected chi connectivity index (χ4v) is 1.41. The van der Waals surface area contributed by atoms with E-state index in [2.05, 4.69) is 16.8 Å². The Bertz CT molecular complexity index is 605. The quantitative estimate of drug-likeness (QED) is 0.478. The van der Waals surface area contributed by atoms with E-state index in [1.54, 1.807) is 24.4 Å². The molecule has 0 aliphatic rings. The number of hydrogen-bond acceptors (Lipinski definition) is 2. The topological polar surface area (TPSA) is 58.9 Å². The lowest BCUT2D eigenvalue weighted by atomic mass is 10.2. The van der Waals surface area contributed by atoms with Gasteiger partial charge in [0.2, 0.25) is 0 Å². The smallest absolute Gasteiger partial charge is 0.269 e. The maximum absolute atomic E-state index is 10.4. The monoisotopic (exact) mass is 246 g/mol. The number of aromatic amines is 1. The molecule has 5 heteroatoms. The molecule has 0 radical (unpaired) electrons.